The van der Waals surface area contributed by atoms with Crippen LogP contribution in [0.5, 0.6) is 0 Å². The fraction of sp³-hybridized carbons (Fsp3) is 0.667. The van der Waals surface area contributed by atoms with E-state index >= 15 is 0 Å². The molecule has 1 spiro atoms. The van der Waals surface area contributed by atoms with Crippen LogP contribution in [0, 0.1) is 5.92 Å². The topological polar surface area (TPSA) is 164 Å². The lowest BCUT2D eigenvalue weighted by molar-refractivity contribution is -0.202. The lowest BCUT2D eigenvalue weighted by Gasteiger charge is -2.39. The molecule has 4 aliphatic rings. The van der Waals surface area contributed by atoms with Crippen LogP contribution in [0.4, 0.5) is 0 Å². The number of hydrogen-bond donors (Lipinski definition) is 3. The third-order valence-electron chi connectivity index (χ3n) is 8.17. The first-order valence-corrected chi connectivity index (χ1v) is 14.6. The molecule has 0 aliphatic carbocycles. The highest BCUT2D eigenvalue weighted by atomic mass is 16.7. The molecule has 4 aliphatic heterocycles. The highest BCUT2D eigenvalue weighted by Crippen LogP contribution is 2.43. The van der Waals surface area contributed by atoms with Crippen LogP contribution in [0.25, 0.3) is 0 Å². The number of rotatable bonds is 10. The molecule has 4 saturated heterocycles. The second-order valence-electron chi connectivity index (χ2n) is 11.8. The minimum atomic E-state index is -0.916. The number of imide groups is 1. The zero-order valence-corrected chi connectivity index (χ0v) is 24.6. The molecule has 4 fully saturated rings. The van der Waals surface area contributed by atoms with Crippen LogP contribution in [0.15, 0.2) is 36.0 Å². The van der Waals surface area contributed by atoms with E-state index in [2.05, 4.69) is 12.2 Å². The van der Waals surface area contributed by atoms with Crippen molar-refractivity contribution in [3.05, 3.63) is 36.0 Å². The van der Waals surface area contributed by atoms with Gasteiger partial charge >= 0.3 is 5.97 Å². The van der Waals surface area contributed by atoms with Crippen LogP contribution in [0.2, 0.25) is 0 Å². The lowest BCUT2D eigenvalue weighted by Crippen LogP contribution is -2.50. The van der Waals surface area contributed by atoms with Crippen LogP contribution >= 0.6 is 0 Å². The monoisotopic (exact) mass is 590 g/mol. The zero-order chi connectivity index (χ0) is 30.6. The molecule has 0 radical (unpaired) electrons. The molecule has 12 heteroatoms. The summed E-state index contributed by atoms with van der Waals surface area (Å²) >= 11 is 0. The molecule has 0 unspecified atom stereocenters. The van der Waals surface area contributed by atoms with Gasteiger partial charge in [-0.25, -0.2) is 4.79 Å². The molecular formula is C30H42N2O10. The summed E-state index contributed by atoms with van der Waals surface area (Å²) in [6.07, 6.45) is 6.79. The summed E-state index contributed by atoms with van der Waals surface area (Å²) < 4.78 is 17.8. The number of nitrogens with one attached hydrogen (secondary N) is 1. The molecule has 232 valence electrons. The number of carbonyl (C=O) groups excluding carboxylic acids is 4. The van der Waals surface area contributed by atoms with Crippen molar-refractivity contribution in [1.82, 2.24) is 10.4 Å². The predicted molar refractivity (Wildman–Crippen MR) is 148 cm³/mol. The maximum atomic E-state index is 12.4. The van der Waals surface area contributed by atoms with Gasteiger partial charge in [0.25, 0.3) is 11.8 Å². The fourth-order valence-electron chi connectivity index (χ4n) is 5.57. The van der Waals surface area contributed by atoms with Gasteiger partial charge in [-0.1, -0.05) is 36.8 Å². The molecule has 4 rings (SSSR count). The van der Waals surface area contributed by atoms with Gasteiger partial charge in [-0.05, 0) is 39.5 Å². The van der Waals surface area contributed by atoms with Gasteiger partial charge < -0.3 is 34.6 Å². The fourth-order valence-corrected chi connectivity index (χ4v) is 5.57. The van der Waals surface area contributed by atoms with Crippen LogP contribution < -0.4 is 5.32 Å². The van der Waals surface area contributed by atoms with E-state index in [9.17, 15) is 29.4 Å². The summed E-state index contributed by atoms with van der Waals surface area (Å²) in [5.41, 5.74) is 0.139. The zero-order valence-electron chi connectivity index (χ0n) is 24.6. The summed E-state index contributed by atoms with van der Waals surface area (Å²) in [5, 5.41) is 23.7. The molecular weight excluding hydrogens is 548 g/mol. The van der Waals surface area contributed by atoms with Gasteiger partial charge in [-0.15, -0.1) is 5.06 Å². The minimum Gasteiger partial charge on any atom is -0.389 e. The van der Waals surface area contributed by atoms with E-state index in [1.165, 1.54) is 12.2 Å². The first kappa shape index (κ1) is 32.0. The first-order chi connectivity index (χ1) is 19.9. The van der Waals surface area contributed by atoms with E-state index < -0.39 is 47.8 Å². The van der Waals surface area contributed by atoms with E-state index in [0.29, 0.717) is 18.1 Å². The Kier molecular flexibility index (Phi) is 10.4. The smallest absolute Gasteiger partial charge is 0.335 e. The Balaban J connectivity index is 1.29. The van der Waals surface area contributed by atoms with Gasteiger partial charge in [0, 0.05) is 25.3 Å². The maximum absolute atomic E-state index is 12.4. The highest BCUT2D eigenvalue weighted by Gasteiger charge is 2.58. The first-order valence-electron chi connectivity index (χ1n) is 14.6. The summed E-state index contributed by atoms with van der Waals surface area (Å²) in [6, 6.07) is -0.129. The van der Waals surface area contributed by atoms with Gasteiger partial charge in [-0.2, -0.15) is 0 Å². The number of allylic oxidation sites excluding steroid dienone is 2. The van der Waals surface area contributed by atoms with Gasteiger partial charge in [0.1, 0.15) is 17.8 Å². The number of aliphatic hydroxyl groups is 2. The molecule has 3 N–H and O–H groups in total. The molecule has 0 saturated carbocycles. The van der Waals surface area contributed by atoms with Gasteiger partial charge in [0.15, 0.2) is 0 Å². The third kappa shape index (κ3) is 8.13. The van der Waals surface area contributed by atoms with E-state index in [1.807, 2.05) is 26.0 Å². The predicted octanol–water partition coefficient (Wildman–Crippen LogP) is 1.40. The van der Waals surface area contributed by atoms with Crippen LogP contribution in [-0.2, 0) is 38.2 Å². The van der Waals surface area contributed by atoms with Crippen molar-refractivity contribution in [2.75, 3.05) is 6.61 Å². The Labute approximate surface area is 245 Å². The van der Waals surface area contributed by atoms with Crippen LogP contribution in [-0.4, -0.2) is 93.8 Å². The standard InChI is InChI=1S/C30H42N2O10/c1-17(5-8-23-18(2)13-22(20(4)40-23)31-25(34)10-7-19(3)33)6-9-24-29(38)30(16-39-30)15-21(41-24)14-28(37)42-32-26(35)11-12-27(32)36/h5-7,9-10,18-24,29,33,38H,8,11-16H2,1-4H3,(H,31,34)/t18-,19-,20+,21+,22+,23-,24+,29+,30+/m0/s1. The number of nitrogens with zero attached hydrogens (tertiary/aromatic N) is 1. The second kappa shape index (κ2) is 13.6. The van der Waals surface area contributed by atoms with Crippen molar-refractivity contribution in [1.29, 1.82) is 0 Å². The average molecular weight is 591 g/mol. The number of carbonyl (C=O) groups is 4. The average Bonchev–Trinajstić information content (AvgIpc) is 3.63. The SMILES string of the molecule is CC(C=C[C@H]1O[C@H](CC(=O)ON2C(=O)CCC2=O)C[C@@]2(CO2)[C@@H]1O)=CC[C@@H]1O[C@H](C)[C@H](NC(=O)C=C[C@H](C)O)C[C@@H]1C. The second-order valence-corrected chi connectivity index (χ2v) is 11.8. The Morgan fingerprint density at radius 1 is 1.19 bits per heavy atom. The number of ether oxygens (including phenoxy) is 3. The van der Waals surface area contributed by atoms with Crippen LogP contribution in [0.3, 0.4) is 0 Å². The van der Waals surface area contributed by atoms with Crippen LogP contribution in [0.1, 0.15) is 66.2 Å². The number of aliphatic hydroxyl groups excluding tert-OH is 2. The van der Waals surface area contributed by atoms with E-state index in [-0.39, 0.29) is 55.8 Å². The van der Waals surface area contributed by atoms with Gasteiger partial charge in [0.2, 0.25) is 5.91 Å². The Morgan fingerprint density at radius 3 is 2.52 bits per heavy atom. The molecule has 0 bridgehead atoms. The van der Waals surface area contributed by atoms with E-state index in [0.717, 1.165) is 12.0 Å². The highest BCUT2D eigenvalue weighted by molar-refractivity contribution is 6.01. The molecule has 0 aromatic heterocycles. The Bertz CT molecular complexity index is 1110. The quantitative estimate of drug-likeness (QED) is 0.147. The number of amides is 3. The third-order valence-corrected chi connectivity index (χ3v) is 8.17. The Hall–Kier alpha value is -2.90. The molecule has 9 atom stereocenters. The molecule has 0 aromatic carbocycles. The number of epoxide rings is 1. The van der Waals surface area contributed by atoms with Crippen molar-refractivity contribution >= 4 is 23.7 Å². The van der Waals surface area contributed by atoms with Crippen molar-refractivity contribution in [2.24, 2.45) is 5.92 Å². The summed E-state index contributed by atoms with van der Waals surface area (Å²) in [4.78, 5) is 53.0. The van der Waals surface area contributed by atoms with Gasteiger partial charge in [0.05, 0.1) is 43.5 Å². The Morgan fingerprint density at radius 2 is 1.88 bits per heavy atom. The minimum absolute atomic E-state index is 0.0157. The lowest BCUT2D eigenvalue weighted by atomic mass is 9.87. The summed E-state index contributed by atoms with van der Waals surface area (Å²) in [7, 11) is 0. The largest absolute Gasteiger partial charge is 0.389 e. The maximum Gasteiger partial charge on any atom is 0.335 e. The van der Waals surface area contributed by atoms with Crippen molar-refractivity contribution in [2.45, 2.75) is 114 Å². The summed E-state index contributed by atoms with van der Waals surface area (Å²) in [6.45, 7) is 7.88. The van der Waals surface area contributed by atoms with Crippen molar-refractivity contribution in [3.63, 3.8) is 0 Å². The normalized spacial score (nSPS) is 36.2. The van der Waals surface area contributed by atoms with Crippen molar-refractivity contribution in [3.8, 4) is 0 Å². The number of hydrogen-bond acceptors (Lipinski definition) is 10. The molecule has 4 heterocycles. The molecule has 12 nitrogen and oxygen atoms in total. The van der Waals surface area contributed by atoms with Crippen molar-refractivity contribution < 1.29 is 48.4 Å². The summed E-state index contributed by atoms with van der Waals surface area (Å²) in [5.74, 6) is -1.92. The van der Waals surface area contributed by atoms with E-state index in [4.69, 9.17) is 19.0 Å². The molecule has 42 heavy (non-hydrogen) atoms. The molecule has 3 amide bonds. The van der Waals surface area contributed by atoms with E-state index in [1.54, 1.807) is 13.0 Å². The molecule has 0 aromatic rings. The van der Waals surface area contributed by atoms with Gasteiger partial charge in [-0.3, -0.25) is 14.4 Å². The number of hydroxylamine groups is 2.